The standard InChI is InChI=1S/C10H12ClNO3S2/c1-7(9-3-2-4-16-9)12-6-8(5-10(12)13)17(11,14)15/h2-4,7-8H,5-6H2,1H3. The Hall–Kier alpha value is -0.590. The summed E-state index contributed by atoms with van der Waals surface area (Å²) in [5.74, 6) is -0.153. The zero-order valence-corrected chi connectivity index (χ0v) is 11.6. The molecular formula is C10H12ClNO3S2. The van der Waals surface area contributed by atoms with Crippen LogP contribution in [-0.2, 0) is 13.8 Å². The SMILES string of the molecule is CC(c1cccs1)N1CC(S(=O)(=O)Cl)CC1=O. The zero-order valence-electron chi connectivity index (χ0n) is 9.17. The number of hydrogen-bond donors (Lipinski definition) is 0. The van der Waals surface area contributed by atoms with Gasteiger partial charge in [-0.15, -0.1) is 11.3 Å². The number of amides is 1. The summed E-state index contributed by atoms with van der Waals surface area (Å²) in [4.78, 5) is 14.4. The quantitative estimate of drug-likeness (QED) is 0.801. The lowest BCUT2D eigenvalue weighted by Gasteiger charge is -2.23. The molecule has 2 unspecified atom stereocenters. The van der Waals surface area contributed by atoms with Crippen LogP contribution in [0.5, 0.6) is 0 Å². The number of carbonyl (C=O) groups excluding carboxylic acids is 1. The lowest BCUT2D eigenvalue weighted by Crippen LogP contribution is -2.29. The van der Waals surface area contributed by atoms with Gasteiger partial charge in [-0.1, -0.05) is 6.07 Å². The van der Waals surface area contributed by atoms with Crippen molar-refractivity contribution in [3.8, 4) is 0 Å². The number of thiophene rings is 1. The highest BCUT2D eigenvalue weighted by atomic mass is 35.7. The average molecular weight is 294 g/mol. The van der Waals surface area contributed by atoms with E-state index in [0.29, 0.717) is 0 Å². The third kappa shape index (κ3) is 2.64. The average Bonchev–Trinajstić information content (AvgIpc) is 2.83. The van der Waals surface area contributed by atoms with Gasteiger partial charge in [-0.3, -0.25) is 4.79 Å². The highest BCUT2D eigenvalue weighted by Crippen LogP contribution is 2.31. The first kappa shape index (κ1) is 12.9. The van der Waals surface area contributed by atoms with Crippen LogP contribution in [0, 0.1) is 0 Å². The van der Waals surface area contributed by atoms with E-state index in [1.807, 2.05) is 24.4 Å². The molecule has 7 heteroatoms. The number of likely N-dealkylation sites (tertiary alicyclic amines) is 1. The molecule has 1 aliphatic rings. The highest BCUT2D eigenvalue weighted by Gasteiger charge is 2.39. The first-order chi connectivity index (χ1) is 7.89. The summed E-state index contributed by atoms with van der Waals surface area (Å²) in [6.45, 7) is 2.08. The van der Waals surface area contributed by atoms with Gasteiger partial charge in [-0.25, -0.2) is 8.42 Å². The molecule has 0 spiro atoms. The molecule has 0 aromatic carbocycles. The Kier molecular flexibility index (Phi) is 3.47. The van der Waals surface area contributed by atoms with Crippen LogP contribution in [-0.4, -0.2) is 31.0 Å². The van der Waals surface area contributed by atoms with Crippen molar-refractivity contribution in [2.45, 2.75) is 24.6 Å². The van der Waals surface area contributed by atoms with E-state index in [0.717, 1.165) is 4.88 Å². The topological polar surface area (TPSA) is 54.5 Å². The zero-order chi connectivity index (χ0) is 12.6. The fourth-order valence-corrected chi connectivity index (χ4v) is 3.78. The second kappa shape index (κ2) is 4.59. The Balaban J connectivity index is 2.16. The van der Waals surface area contributed by atoms with E-state index in [4.69, 9.17) is 10.7 Å². The Bertz CT molecular complexity index is 512. The molecular weight excluding hydrogens is 282 g/mol. The van der Waals surface area contributed by atoms with Crippen molar-refractivity contribution in [3.05, 3.63) is 22.4 Å². The molecule has 2 heterocycles. The van der Waals surface area contributed by atoms with Crippen LogP contribution in [0.3, 0.4) is 0 Å². The summed E-state index contributed by atoms with van der Waals surface area (Å²) in [5.41, 5.74) is 0. The molecule has 0 bridgehead atoms. The van der Waals surface area contributed by atoms with Crippen molar-refractivity contribution in [3.63, 3.8) is 0 Å². The molecule has 2 rings (SSSR count). The Morgan fingerprint density at radius 1 is 1.59 bits per heavy atom. The largest absolute Gasteiger partial charge is 0.334 e. The first-order valence-electron chi connectivity index (χ1n) is 5.16. The van der Waals surface area contributed by atoms with Crippen LogP contribution in [0.25, 0.3) is 0 Å². The molecule has 94 valence electrons. The van der Waals surface area contributed by atoms with Crippen LogP contribution < -0.4 is 0 Å². The van der Waals surface area contributed by atoms with E-state index in [2.05, 4.69) is 0 Å². The molecule has 0 radical (unpaired) electrons. The molecule has 1 aliphatic heterocycles. The van der Waals surface area contributed by atoms with Gasteiger partial charge >= 0.3 is 0 Å². The number of nitrogens with zero attached hydrogens (tertiary/aromatic N) is 1. The van der Waals surface area contributed by atoms with Crippen LogP contribution in [0.1, 0.15) is 24.3 Å². The third-order valence-electron chi connectivity index (χ3n) is 2.94. The second-order valence-electron chi connectivity index (χ2n) is 4.04. The van der Waals surface area contributed by atoms with E-state index in [1.54, 1.807) is 16.2 Å². The van der Waals surface area contributed by atoms with Gasteiger partial charge < -0.3 is 4.90 Å². The number of hydrogen-bond acceptors (Lipinski definition) is 4. The van der Waals surface area contributed by atoms with Crippen molar-refractivity contribution in [2.75, 3.05) is 6.54 Å². The molecule has 0 N–H and O–H groups in total. The minimum atomic E-state index is -3.66. The van der Waals surface area contributed by atoms with Crippen LogP contribution >= 0.6 is 22.0 Å². The summed E-state index contributed by atoms with van der Waals surface area (Å²) in [6.07, 6.45) is -0.0124. The van der Waals surface area contributed by atoms with Crippen LogP contribution in [0.2, 0.25) is 0 Å². The molecule has 1 amide bonds. The van der Waals surface area contributed by atoms with Gasteiger partial charge in [0.2, 0.25) is 15.0 Å². The maximum atomic E-state index is 11.8. The number of halogens is 1. The predicted octanol–water partition coefficient (Wildman–Crippen LogP) is 1.98. The minimum Gasteiger partial charge on any atom is -0.334 e. The summed E-state index contributed by atoms with van der Waals surface area (Å²) in [6, 6.07) is 3.75. The predicted molar refractivity (Wildman–Crippen MR) is 67.6 cm³/mol. The fourth-order valence-electron chi connectivity index (χ4n) is 1.94. The van der Waals surface area contributed by atoms with Crippen LogP contribution in [0.15, 0.2) is 17.5 Å². The summed E-state index contributed by atoms with van der Waals surface area (Å²) < 4.78 is 22.4. The monoisotopic (exact) mass is 293 g/mol. The van der Waals surface area contributed by atoms with Crippen molar-refractivity contribution in [1.29, 1.82) is 0 Å². The smallest absolute Gasteiger partial charge is 0.237 e. The van der Waals surface area contributed by atoms with Crippen molar-refractivity contribution in [2.24, 2.45) is 0 Å². The summed E-state index contributed by atoms with van der Waals surface area (Å²) >= 11 is 1.55. The molecule has 1 aromatic rings. The molecule has 1 saturated heterocycles. The summed E-state index contributed by atoms with van der Waals surface area (Å²) in [7, 11) is 1.64. The van der Waals surface area contributed by atoms with Crippen molar-refractivity contribution in [1.82, 2.24) is 4.90 Å². The van der Waals surface area contributed by atoms with Crippen LogP contribution in [0.4, 0.5) is 0 Å². The van der Waals surface area contributed by atoms with Gasteiger partial charge in [0.25, 0.3) is 0 Å². The number of carbonyl (C=O) groups is 1. The van der Waals surface area contributed by atoms with E-state index < -0.39 is 14.3 Å². The Morgan fingerprint density at radius 2 is 2.29 bits per heavy atom. The minimum absolute atomic E-state index is 0.0124. The van der Waals surface area contributed by atoms with E-state index in [1.165, 1.54) is 0 Å². The normalized spacial score (nSPS) is 23.1. The van der Waals surface area contributed by atoms with E-state index in [9.17, 15) is 13.2 Å². The maximum absolute atomic E-state index is 11.8. The van der Waals surface area contributed by atoms with Crippen molar-refractivity contribution >= 4 is 37.0 Å². The first-order valence-corrected chi connectivity index (χ1v) is 8.41. The number of rotatable bonds is 3. The van der Waals surface area contributed by atoms with Gasteiger partial charge in [0.05, 0.1) is 6.04 Å². The lowest BCUT2D eigenvalue weighted by molar-refractivity contribution is -0.129. The molecule has 1 fully saturated rings. The van der Waals surface area contributed by atoms with Gasteiger partial charge in [0.15, 0.2) is 0 Å². The molecule has 0 saturated carbocycles. The Labute approximate surface area is 109 Å². The van der Waals surface area contributed by atoms with Crippen molar-refractivity contribution < 1.29 is 13.2 Å². The van der Waals surface area contributed by atoms with Gasteiger partial charge in [-0.05, 0) is 18.4 Å². The molecule has 1 aromatic heterocycles. The highest BCUT2D eigenvalue weighted by molar-refractivity contribution is 8.14. The Morgan fingerprint density at radius 3 is 2.76 bits per heavy atom. The molecule has 2 atom stereocenters. The second-order valence-corrected chi connectivity index (χ2v) is 7.93. The van der Waals surface area contributed by atoms with Gasteiger partial charge in [0, 0.05) is 28.5 Å². The van der Waals surface area contributed by atoms with Gasteiger partial charge in [0.1, 0.15) is 5.25 Å². The fraction of sp³-hybridized carbons (Fsp3) is 0.500. The lowest BCUT2D eigenvalue weighted by atomic mass is 10.2. The van der Waals surface area contributed by atoms with E-state index in [-0.39, 0.29) is 24.9 Å². The maximum Gasteiger partial charge on any atom is 0.237 e. The third-order valence-corrected chi connectivity index (χ3v) is 5.85. The molecule has 17 heavy (non-hydrogen) atoms. The van der Waals surface area contributed by atoms with E-state index >= 15 is 0 Å². The van der Waals surface area contributed by atoms with Gasteiger partial charge in [-0.2, -0.15) is 0 Å². The summed E-state index contributed by atoms with van der Waals surface area (Å²) in [5, 5.41) is 1.15. The molecule has 4 nitrogen and oxygen atoms in total. The molecule has 0 aliphatic carbocycles.